The molecule has 5 aliphatic rings. The molecule has 0 aromatic carbocycles. The molecule has 0 aromatic heterocycles. The fraction of sp³-hybridized carbons (Fsp3) is 0.952. The normalized spacial score (nSPS) is 40.5. The maximum absolute atomic E-state index is 12.0. The summed E-state index contributed by atoms with van der Waals surface area (Å²) in [5.74, 6) is 2.47. The summed E-state index contributed by atoms with van der Waals surface area (Å²) >= 11 is 0. The number of esters is 1. The van der Waals surface area contributed by atoms with Gasteiger partial charge >= 0.3 is 5.97 Å². The fourth-order valence-electron chi connectivity index (χ4n) is 6.51. The molecule has 0 aromatic rings. The van der Waals surface area contributed by atoms with Crippen molar-refractivity contribution in [3.05, 3.63) is 0 Å². The number of ether oxygens (including phenoxy) is 2. The highest BCUT2D eigenvalue weighted by Crippen LogP contribution is 2.57. The molecule has 1 saturated heterocycles. The second kappa shape index (κ2) is 7.76. The van der Waals surface area contributed by atoms with Crippen LogP contribution >= 0.6 is 0 Å². The molecule has 0 radical (unpaired) electrons. The van der Waals surface area contributed by atoms with Gasteiger partial charge in [-0.05, 0) is 82.6 Å². The first-order chi connectivity index (χ1) is 12.5. The molecule has 2 atom stereocenters. The van der Waals surface area contributed by atoms with Gasteiger partial charge in [-0.15, -0.1) is 0 Å². The average Bonchev–Trinajstić information content (AvgIpc) is 2.59. The van der Waals surface area contributed by atoms with Gasteiger partial charge in [-0.2, -0.15) is 0 Å². The van der Waals surface area contributed by atoms with Gasteiger partial charge in [0.1, 0.15) is 0 Å². The molecule has 0 amide bonds. The van der Waals surface area contributed by atoms with Gasteiger partial charge in [-0.3, -0.25) is 9.69 Å². The van der Waals surface area contributed by atoms with Crippen LogP contribution in [0.3, 0.4) is 0 Å². The van der Waals surface area contributed by atoms with E-state index in [9.17, 15) is 9.90 Å². The van der Waals surface area contributed by atoms with Crippen LogP contribution in [0.1, 0.15) is 58.3 Å². The molecule has 26 heavy (non-hydrogen) atoms. The Morgan fingerprint density at radius 1 is 1.19 bits per heavy atom. The zero-order chi connectivity index (χ0) is 18.1. The number of likely N-dealkylation sites (tertiary alicyclic amines) is 1. The highest BCUT2D eigenvalue weighted by atomic mass is 16.5. The quantitative estimate of drug-likeness (QED) is 0.703. The molecule has 5 heteroatoms. The molecule has 5 rings (SSSR count). The summed E-state index contributed by atoms with van der Waals surface area (Å²) in [7, 11) is 0. The van der Waals surface area contributed by atoms with E-state index in [0.717, 1.165) is 37.1 Å². The summed E-state index contributed by atoms with van der Waals surface area (Å²) in [6.07, 6.45) is 9.28. The summed E-state index contributed by atoms with van der Waals surface area (Å²) in [5, 5.41) is 10.5. The molecule has 0 spiro atoms. The summed E-state index contributed by atoms with van der Waals surface area (Å²) in [5.41, 5.74) is 0.0606. The number of carbonyl (C=O) groups excluding carboxylic acids is 1. The van der Waals surface area contributed by atoms with Crippen molar-refractivity contribution in [3.63, 3.8) is 0 Å². The van der Waals surface area contributed by atoms with E-state index in [1.165, 1.54) is 38.5 Å². The van der Waals surface area contributed by atoms with Crippen LogP contribution in [0.4, 0.5) is 0 Å². The molecule has 1 aliphatic heterocycles. The zero-order valence-corrected chi connectivity index (χ0v) is 16.2. The smallest absolute Gasteiger partial charge is 0.310 e. The van der Waals surface area contributed by atoms with Gasteiger partial charge in [0.05, 0.1) is 30.8 Å². The van der Waals surface area contributed by atoms with E-state index < -0.39 is 6.10 Å². The van der Waals surface area contributed by atoms with Gasteiger partial charge in [0.2, 0.25) is 0 Å². The summed E-state index contributed by atoms with van der Waals surface area (Å²) in [4.78, 5) is 14.2. The maximum Gasteiger partial charge on any atom is 0.310 e. The number of aliphatic hydroxyl groups excluding tert-OH is 1. The van der Waals surface area contributed by atoms with Gasteiger partial charge in [0.25, 0.3) is 0 Å². The van der Waals surface area contributed by atoms with E-state index in [0.29, 0.717) is 26.3 Å². The average molecular weight is 366 g/mol. The van der Waals surface area contributed by atoms with E-state index in [2.05, 4.69) is 4.90 Å². The second-order valence-electron chi connectivity index (χ2n) is 9.42. The molecule has 0 unspecified atom stereocenters. The van der Waals surface area contributed by atoms with Crippen molar-refractivity contribution in [2.75, 3.05) is 32.8 Å². The van der Waals surface area contributed by atoms with Crippen LogP contribution in [0, 0.1) is 23.7 Å². The van der Waals surface area contributed by atoms with E-state index in [4.69, 9.17) is 9.47 Å². The highest BCUT2D eigenvalue weighted by molar-refractivity contribution is 5.72. The van der Waals surface area contributed by atoms with Gasteiger partial charge in [0.15, 0.2) is 0 Å². The predicted molar refractivity (Wildman–Crippen MR) is 98.7 cm³/mol. The van der Waals surface area contributed by atoms with Gasteiger partial charge in [-0.1, -0.05) is 0 Å². The maximum atomic E-state index is 12.0. The molecule has 4 saturated carbocycles. The van der Waals surface area contributed by atoms with Crippen LogP contribution in [-0.2, 0) is 14.3 Å². The lowest BCUT2D eigenvalue weighted by molar-refractivity contribution is -0.176. The van der Waals surface area contributed by atoms with Crippen molar-refractivity contribution in [1.82, 2.24) is 4.90 Å². The topological polar surface area (TPSA) is 59.0 Å². The number of rotatable bonds is 7. The number of hydrogen-bond acceptors (Lipinski definition) is 5. The third-order valence-corrected chi connectivity index (χ3v) is 7.16. The lowest BCUT2D eigenvalue weighted by atomic mass is 9.54. The molecular weight excluding hydrogens is 330 g/mol. The largest absolute Gasteiger partial charge is 0.466 e. The molecule has 4 aliphatic carbocycles. The molecule has 5 nitrogen and oxygen atoms in total. The number of β-amino-alcohol motifs (C(OH)–C–C–N with tert-alkyl or cyclic N) is 1. The van der Waals surface area contributed by atoms with Crippen LogP contribution in [0.2, 0.25) is 0 Å². The van der Waals surface area contributed by atoms with Crippen molar-refractivity contribution in [2.24, 2.45) is 23.7 Å². The molecule has 4 bridgehead atoms. The Hall–Kier alpha value is -0.650. The molecular formula is C21H35NO4. The Balaban J connectivity index is 1.24. The number of piperidine rings is 1. The third-order valence-electron chi connectivity index (χ3n) is 7.16. The first-order valence-electron chi connectivity index (χ1n) is 10.8. The summed E-state index contributed by atoms with van der Waals surface area (Å²) in [6, 6.07) is 0. The Labute approximate surface area is 157 Å². The molecule has 148 valence electrons. The van der Waals surface area contributed by atoms with Crippen molar-refractivity contribution in [2.45, 2.75) is 70.0 Å². The summed E-state index contributed by atoms with van der Waals surface area (Å²) in [6.45, 7) is 4.98. The summed E-state index contributed by atoms with van der Waals surface area (Å²) < 4.78 is 11.6. The SMILES string of the molecule is CCOC(=O)[C@@H]1CCCN(C[C@H](O)COC23CC4CC(CC(C4)C2)C3)C1. The van der Waals surface area contributed by atoms with Crippen molar-refractivity contribution in [1.29, 1.82) is 0 Å². The minimum atomic E-state index is -0.469. The van der Waals surface area contributed by atoms with E-state index in [1.807, 2.05) is 6.92 Å². The minimum absolute atomic E-state index is 0.0417. The van der Waals surface area contributed by atoms with E-state index in [1.54, 1.807) is 0 Å². The van der Waals surface area contributed by atoms with Gasteiger partial charge < -0.3 is 14.6 Å². The lowest BCUT2D eigenvalue weighted by Gasteiger charge is -2.56. The Kier molecular flexibility index (Phi) is 5.58. The van der Waals surface area contributed by atoms with Crippen LogP contribution in [-0.4, -0.2) is 60.5 Å². The van der Waals surface area contributed by atoms with E-state index >= 15 is 0 Å². The minimum Gasteiger partial charge on any atom is -0.466 e. The highest BCUT2D eigenvalue weighted by Gasteiger charge is 2.51. The molecule has 1 N–H and O–H groups in total. The monoisotopic (exact) mass is 365 g/mol. The van der Waals surface area contributed by atoms with Crippen molar-refractivity contribution < 1.29 is 19.4 Å². The second-order valence-corrected chi connectivity index (χ2v) is 9.42. The zero-order valence-electron chi connectivity index (χ0n) is 16.2. The van der Waals surface area contributed by atoms with Crippen LogP contribution in [0.25, 0.3) is 0 Å². The Morgan fingerprint density at radius 2 is 1.85 bits per heavy atom. The number of carbonyl (C=O) groups is 1. The molecule has 5 fully saturated rings. The fourth-order valence-corrected chi connectivity index (χ4v) is 6.51. The first-order valence-corrected chi connectivity index (χ1v) is 10.8. The molecule has 1 heterocycles. The van der Waals surface area contributed by atoms with Gasteiger partial charge in [0, 0.05) is 13.1 Å². The van der Waals surface area contributed by atoms with Crippen LogP contribution in [0.15, 0.2) is 0 Å². The number of aliphatic hydroxyl groups is 1. The lowest BCUT2D eigenvalue weighted by Crippen LogP contribution is -2.53. The number of nitrogens with zero attached hydrogens (tertiary/aromatic N) is 1. The van der Waals surface area contributed by atoms with Crippen molar-refractivity contribution in [3.8, 4) is 0 Å². The Morgan fingerprint density at radius 3 is 2.46 bits per heavy atom. The number of hydrogen-bond donors (Lipinski definition) is 1. The van der Waals surface area contributed by atoms with E-state index in [-0.39, 0.29) is 17.5 Å². The van der Waals surface area contributed by atoms with Gasteiger partial charge in [-0.25, -0.2) is 0 Å². The standard InChI is InChI=1S/C21H35NO4/c1-2-25-20(24)18-4-3-5-22(12-18)13-19(23)14-26-21-9-15-6-16(10-21)8-17(7-15)11-21/h15-19,23H,2-14H2,1H3/t15?,16?,17?,18-,19+,21?/m1/s1. The Bertz CT molecular complexity index is 473. The van der Waals surface area contributed by atoms with Crippen LogP contribution in [0.5, 0.6) is 0 Å². The van der Waals surface area contributed by atoms with Crippen molar-refractivity contribution >= 4 is 5.97 Å². The van der Waals surface area contributed by atoms with Crippen LogP contribution < -0.4 is 0 Å². The predicted octanol–water partition coefficient (Wildman–Crippen LogP) is 2.61. The third kappa shape index (κ3) is 4.10. The first kappa shape index (κ1) is 18.7.